The van der Waals surface area contributed by atoms with Gasteiger partial charge in [-0.3, -0.25) is 4.79 Å². The van der Waals surface area contributed by atoms with Crippen molar-refractivity contribution in [3.8, 4) is 0 Å². The molecule has 1 aromatic heterocycles. The van der Waals surface area contributed by atoms with Crippen molar-refractivity contribution in [1.82, 2.24) is 0 Å². The van der Waals surface area contributed by atoms with Crippen molar-refractivity contribution >= 4 is 22.9 Å². The molecule has 2 heterocycles. The van der Waals surface area contributed by atoms with Crippen LogP contribution in [0.2, 0.25) is 0 Å². The zero-order chi connectivity index (χ0) is 19.1. The lowest BCUT2D eigenvalue weighted by Crippen LogP contribution is -2.37. The highest BCUT2D eigenvalue weighted by Crippen LogP contribution is 2.41. The first-order valence-electron chi connectivity index (χ1n) is 9.23. The summed E-state index contributed by atoms with van der Waals surface area (Å²) in [5, 5.41) is 14.2. The Hall–Kier alpha value is -2.15. The largest absolute Gasteiger partial charge is 0.459 e. The number of thiophene rings is 1. The Bertz CT molecular complexity index is 745. The summed E-state index contributed by atoms with van der Waals surface area (Å²) in [4.78, 5) is 13.9. The summed E-state index contributed by atoms with van der Waals surface area (Å²) in [6.45, 7) is 2.53. The van der Waals surface area contributed by atoms with Crippen LogP contribution in [0.1, 0.15) is 30.6 Å². The molecule has 3 atom stereocenters. The van der Waals surface area contributed by atoms with Crippen molar-refractivity contribution in [2.45, 2.75) is 32.0 Å². The minimum absolute atomic E-state index is 0.0124. The van der Waals surface area contributed by atoms with Gasteiger partial charge in [0, 0.05) is 35.6 Å². The van der Waals surface area contributed by atoms with Gasteiger partial charge in [0.25, 0.3) is 5.91 Å². The second kappa shape index (κ2) is 9.69. The molecule has 1 aliphatic heterocycles. The van der Waals surface area contributed by atoms with Gasteiger partial charge in [-0.2, -0.15) is 0 Å². The summed E-state index contributed by atoms with van der Waals surface area (Å²) in [5.41, 5.74) is 0.718. The number of aliphatic hydroxyl groups excluding tert-OH is 1. The number of amides is 1. The van der Waals surface area contributed by atoms with Crippen LogP contribution < -0.4 is 5.32 Å². The lowest BCUT2D eigenvalue weighted by Gasteiger charge is -2.36. The van der Waals surface area contributed by atoms with E-state index in [1.54, 1.807) is 11.3 Å². The van der Waals surface area contributed by atoms with Crippen molar-refractivity contribution in [3.05, 3.63) is 64.6 Å². The number of hydrogen-bond acceptors (Lipinski definition) is 5. The molecule has 144 valence electrons. The first-order valence-corrected chi connectivity index (χ1v) is 10.1. The number of aliphatic hydroxyl groups is 1. The van der Waals surface area contributed by atoms with E-state index in [0.717, 1.165) is 17.0 Å². The van der Waals surface area contributed by atoms with Crippen LogP contribution in [-0.4, -0.2) is 30.5 Å². The highest BCUT2D eigenvalue weighted by atomic mass is 32.1. The molecule has 0 spiro atoms. The number of nitrogens with one attached hydrogen (secondary N) is 1. The van der Waals surface area contributed by atoms with E-state index in [-0.39, 0.29) is 30.1 Å². The zero-order valence-electron chi connectivity index (χ0n) is 15.3. The molecule has 0 aliphatic carbocycles. The van der Waals surface area contributed by atoms with Gasteiger partial charge in [0.05, 0.1) is 0 Å². The quantitative estimate of drug-likeness (QED) is 0.714. The molecule has 5 nitrogen and oxygen atoms in total. The summed E-state index contributed by atoms with van der Waals surface area (Å²) in [7, 11) is 0. The van der Waals surface area contributed by atoms with Crippen molar-refractivity contribution in [2.24, 2.45) is 5.92 Å². The molecule has 2 aromatic rings. The number of para-hydroxylation sites is 1. The van der Waals surface area contributed by atoms with E-state index in [4.69, 9.17) is 9.47 Å². The van der Waals surface area contributed by atoms with Gasteiger partial charge in [0.15, 0.2) is 5.76 Å². The molecule has 0 saturated carbocycles. The molecule has 1 amide bonds. The molecule has 0 radical (unpaired) electrons. The minimum atomic E-state index is -0.518. The van der Waals surface area contributed by atoms with E-state index in [1.807, 2.05) is 54.8 Å². The number of carbonyl (C=O) groups is 1. The maximum absolute atomic E-state index is 12.8. The van der Waals surface area contributed by atoms with Crippen LogP contribution in [0.15, 0.2) is 59.7 Å². The topological polar surface area (TPSA) is 67.8 Å². The molecule has 2 N–H and O–H groups in total. The highest BCUT2D eigenvalue weighted by Gasteiger charge is 2.38. The van der Waals surface area contributed by atoms with Gasteiger partial charge in [-0.25, -0.2) is 0 Å². The molecule has 0 bridgehead atoms. The van der Waals surface area contributed by atoms with Gasteiger partial charge in [0.2, 0.25) is 6.29 Å². The van der Waals surface area contributed by atoms with Gasteiger partial charge >= 0.3 is 0 Å². The molecular formula is C21H25NO4S. The van der Waals surface area contributed by atoms with Crippen molar-refractivity contribution < 1.29 is 19.4 Å². The molecule has 0 fully saturated rings. The van der Waals surface area contributed by atoms with Crippen LogP contribution in [0, 0.1) is 5.92 Å². The summed E-state index contributed by atoms with van der Waals surface area (Å²) in [6.07, 6.45) is 2.80. The molecule has 3 rings (SSSR count). The number of hydrogen-bond donors (Lipinski definition) is 2. The Labute approximate surface area is 163 Å². The Morgan fingerprint density at radius 1 is 1.26 bits per heavy atom. The molecular weight excluding hydrogens is 362 g/mol. The average Bonchev–Trinajstić information content (AvgIpc) is 3.22. The van der Waals surface area contributed by atoms with Crippen LogP contribution in [-0.2, 0) is 14.3 Å². The summed E-state index contributed by atoms with van der Waals surface area (Å²) >= 11 is 1.65. The van der Waals surface area contributed by atoms with Crippen LogP contribution in [0.4, 0.5) is 5.69 Å². The van der Waals surface area contributed by atoms with Crippen LogP contribution in [0.5, 0.6) is 0 Å². The normalized spacial score (nSPS) is 22.0. The second-order valence-corrected chi connectivity index (χ2v) is 7.34. The second-order valence-electron chi connectivity index (χ2n) is 6.36. The maximum atomic E-state index is 12.8. The third-order valence-electron chi connectivity index (χ3n) is 4.54. The number of rotatable bonds is 8. The molecule has 1 aliphatic rings. The number of allylic oxidation sites excluding steroid dienone is 1. The summed E-state index contributed by atoms with van der Waals surface area (Å²) in [5.74, 6) is 0.0476. The summed E-state index contributed by atoms with van der Waals surface area (Å²) in [6, 6.07) is 13.4. The maximum Gasteiger partial charge on any atom is 0.290 e. The van der Waals surface area contributed by atoms with Gasteiger partial charge in [-0.1, -0.05) is 24.3 Å². The monoisotopic (exact) mass is 387 g/mol. The van der Waals surface area contributed by atoms with Gasteiger partial charge < -0.3 is 19.9 Å². The molecule has 0 saturated heterocycles. The van der Waals surface area contributed by atoms with E-state index >= 15 is 0 Å². The molecule has 1 aromatic carbocycles. The van der Waals surface area contributed by atoms with Crippen LogP contribution in [0.3, 0.4) is 0 Å². The predicted molar refractivity (Wildman–Crippen MR) is 107 cm³/mol. The predicted octanol–water partition coefficient (Wildman–Crippen LogP) is 4.14. The van der Waals surface area contributed by atoms with Crippen LogP contribution in [0.25, 0.3) is 0 Å². The van der Waals surface area contributed by atoms with Crippen molar-refractivity contribution in [1.29, 1.82) is 0 Å². The molecule has 0 unspecified atom stereocenters. The molecule has 27 heavy (non-hydrogen) atoms. The van der Waals surface area contributed by atoms with Gasteiger partial charge in [0.1, 0.15) is 0 Å². The Balaban J connectivity index is 1.87. The third kappa shape index (κ3) is 4.97. The SMILES string of the molecule is CCO[C@H]1OC(C(=O)Nc2ccccc2)=C[C@@H](c2cccs2)[C@H]1CCCO. The number of benzene rings is 1. The van der Waals surface area contributed by atoms with Crippen LogP contribution >= 0.6 is 11.3 Å². The number of ether oxygens (including phenoxy) is 2. The fourth-order valence-corrected chi connectivity index (χ4v) is 4.16. The van der Waals surface area contributed by atoms with Crippen molar-refractivity contribution in [2.75, 3.05) is 18.5 Å². The Morgan fingerprint density at radius 3 is 2.74 bits per heavy atom. The Kier molecular flexibility index (Phi) is 7.04. The Morgan fingerprint density at radius 2 is 2.07 bits per heavy atom. The van der Waals surface area contributed by atoms with E-state index < -0.39 is 6.29 Å². The standard InChI is InChI=1S/C21H25NO4S/c1-2-25-21-16(10-6-12-23)17(19-11-7-13-27-19)14-18(26-21)20(24)22-15-8-4-3-5-9-15/h3-5,7-9,11,13-14,16-17,21,23H,2,6,10,12H2,1H3,(H,22,24)/t16-,17-,21+/m1/s1. The average molecular weight is 388 g/mol. The number of anilines is 1. The lowest BCUT2D eigenvalue weighted by atomic mass is 9.84. The van der Waals surface area contributed by atoms with E-state index in [2.05, 4.69) is 11.4 Å². The lowest BCUT2D eigenvalue weighted by molar-refractivity contribution is -0.164. The third-order valence-corrected chi connectivity index (χ3v) is 5.51. The van der Waals surface area contributed by atoms with Gasteiger partial charge in [-0.15, -0.1) is 11.3 Å². The molecule has 6 heteroatoms. The smallest absolute Gasteiger partial charge is 0.290 e. The fourth-order valence-electron chi connectivity index (χ4n) is 3.29. The zero-order valence-corrected chi connectivity index (χ0v) is 16.2. The first-order chi connectivity index (χ1) is 13.2. The minimum Gasteiger partial charge on any atom is -0.459 e. The summed E-state index contributed by atoms with van der Waals surface area (Å²) < 4.78 is 11.8. The highest BCUT2D eigenvalue weighted by molar-refractivity contribution is 7.10. The van der Waals surface area contributed by atoms with E-state index in [0.29, 0.717) is 13.0 Å². The number of carbonyl (C=O) groups excluding carboxylic acids is 1. The van der Waals surface area contributed by atoms with Crippen molar-refractivity contribution in [3.63, 3.8) is 0 Å². The first kappa shape index (κ1) is 19.6. The van der Waals surface area contributed by atoms with E-state index in [1.165, 1.54) is 0 Å². The van der Waals surface area contributed by atoms with E-state index in [9.17, 15) is 9.90 Å². The fraction of sp³-hybridized carbons (Fsp3) is 0.381. The van der Waals surface area contributed by atoms with Gasteiger partial charge in [-0.05, 0) is 49.4 Å².